The molecule has 154 valence electrons. The average molecular weight is 488 g/mol. The number of amides is 1. The fourth-order valence-corrected chi connectivity index (χ4v) is 4.26. The Kier molecular flexibility index (Phi) is 6.06. The Balaban J connectivity index is 1.60. The number of benzene rings is 2. The lowest BCUT2D eigenvalue weighted by Crippen LogP contribution is -2.40. The summed E-state index contributed by atoms with van der Waals surface area (Å²) in [5.74, 6) is 0.232. The molecule has 1 aliphatic rings. The molecule has 2 aromatic carbocycles. The molecule has 0 saturated carbocycles. The Hall–Kier alpha value is -2.84. The second kappa shape index (κ2) is 8.89. The van der Waals surface area contributed by atoms with Gasteiger partial charge in [0.25, 0.3) is 5.91 Å². The lowest BCUT2D eigenvalue weighted by Gasteiger charge is -2.25. The predicted octanol–water partition coefficient (Wildman–Crippen LogP) is 5.13. The summed E-state index contributed by atoms with van der Waals surface area (Å²) in [7, 11) is 0. The number of esters is 1. The van der Waals surface area contributed by atoms with Crippen LogP contribution in [0.4, 0.5) is 5.00 Å². The fourth-order valence-electron chi connectivity index (χ4n) is 3.04. The smallest absolute Gasteiger partial charge is 0.341 e. The molecule has 1 atom stereocenters. The summed E-state index contributed by atoms with van der Waals surface area (Å²) in [5.41, 5.74) is 1.88. The van der Waals surface area contributed by atoms with Crippen molar-refractivity contribution in [3.63, 3.8) is 0 Å². The van der Waals surface area contributed by atoms with Crippen LogP contribution in [0.15, 0.2) is 58.4 Å². The third-order valence-electron chi connectivity index (χ3n) is 4.46. The van der Waals surface area contributed by atoms with Crippen molar-refractivity contribution < 1.29 is 23.8 Å². The van der Waals surface area contributed by atoms with Crippen molar-refractivity contribution in [2.75, 3.05) is 18.5 Å². The highest BCUT2D eigenvalue weighted by Gasteiger charge is 2.30. The third-order valence-corrected chi connectivity index (χ3v) is 5.89. The highest BCUT2D eigenvalue weighted by Crippen LogP contribution is 2.37. The van der Waals surface area contributed by atoms with Gasteiger partial charge in [-0.3, -0.25) is 4.79 Å². The van der Waals surface area contributed by atoms with E-state index in [0.717, 1.165) is 10.0 Å². The zero-order valence-corrected chi connectivity index (χ0v) is 18.4. The van der Waals surface area contributed by atoms with Crippen LogP contribution in [0.25, 0.3) is 11.1 Å². The molecule has 1 aliphatic heterocycles. The van der Waals surface area contributed by atoms with Crippen LogP contribution in [0.3, 0.4) is 0 Å². The van der Waals surface area contributed by atoms with Gasteiger partial charge in [0.15, 0.2) is 11.5 Å². The van der Waals surface area contributed by atoms with Crippen LogP contribution in [0, 0.1) is 0 Å². The number of fused-ring (bicyclic) bond motifs is 1. The standard InChI is InChI=1S/C22H18BrNO5S/c1-2-27-22(26)19-15(13-7-9-14(23)10-8-13)12-30-21(19)24-20(25)18-11-28-16-5-3-4-6-17(16)29-18/h3-10,12,18H,2,11H2,1H3,(H,24,25)/t18-/m1/s1. The zero-order valence-electron chi connectivity index (χ0n) is 16.0. The lowest BCUT2D eigenvalue weighted by molar-refractivity contribution is -0.125. The van der Waals surface area contributed by atoms with Gasteiger partial charge in [-0.05, 0) is 36.8 Å². The van der Waals surface area contributed by atoms with Crippen molar-refractivity contribution in [1.82, 2.24) is 0 Å². The minimum absolute atomic E-state index is 0.0858. The first kappa shape index (κ1) is 20.4. The third kappa shape index (κ3) is 4.20. The van der Waals surface area contributed by atoms with E-state index in [-0.39, 0.29) is 19.1 Å². The molecular weight excluding hydrogens is 470 g/mol. The van der Waals surface area contributed by atoms with Gasteiger partial charge in [0.05, 0.1) is 6.61 Å². The molecule has 8 heteroatoms. The van der Waals surface area contributed by atoms with E-state index in [9.17, 15) is 9.59 Å². The van der Waals surface area contributed by atoms with Gasteiger partial charge in [-0.25, -0.2) is 4.79 Å². The molecule has 2 heterocycles. The topological polar surface area (TPSA) is 73.9 Å². The number of ether oxygens (including phenoxy) is 3. The molecule has 4 rings (SSSR count). The number of carbonyl (C=O) groups is 2. The van der Waals surface area contributed by atoms with Gasteiger partial charge in [-0.15, -0.1) is 11.3 Å². The van der Waals surface area contributed by atoms with Crippen molar-refractivity contribution in [2.24, 2.45) is 0 Å². The van der Waals surface area contributed by atoms with E-state index >= 15 is 0 Å². The van der Waals surface area contributed by atoms with Crippen molar-refractivity contribution in [2.45, 2.75) is 13.0 Å². The normalized spacial score (nSPS) is 14.8. The molecule has 0 fully saturated rings. The summed E-state index contributed by atoms with van der Waals surface area (Å²) in [6.45, 7) is 2.06. The number of anilines is 1. The molecule has 1 N–H and O–H groups in total. The summed E-state index contributed by atoms with van der Waals surface area (Å²) >= 11 is 4.68. The number of hydrogen-bond donors (Lipinski definition) is 1. The van der Waals surface area contributed by atoms with Gasteiger partial charge >= 0.3 is 5.97 Å². The van der Waals surface area contributed by atoms with Crippen molar-refractivity contribution in [1.29, 1.82) is 0 Å². The minimum atomic E-state index is -0.826. The molecule has 0 bridgehead atoms. The Morgan fingerprint density at radius 1 is 1.17 bits per heavy atom. The second-order valence-corrected chi connectivity index (χ2v) is 8.23. The lowest BCUT2D eigenvalue weighted by atomic mass is 10.0. The van der Waals surface area contributed by atoms with Gasteiger partial charge in [0.1, 0.15) is 17.2 Å². The quantitative estimate of drug-likeness (QED) is 0.504. The fraction of sp³-hybridized carbons (Fsp3) is 0.182. The molecule has 3 aromatic rings. The van der Waals surface area contributed by atoms with Crippen LogP contribution >= 0.6 is 27.3 Å². The van der Waals surface area contributed by atoms with Gasteiger partial charge < -0.3 is 19.5 Å². The van der Waals surface area contributed by atoms with E-state index in [1.54, 1.807) is 19.1 Å². The molecule has 1 amide bonds. The molecule has 30 heavy (non-hydrogen) atoms. The van der Waals surface area contributed by atoms with Crippen LogP contribution in [0.1, 0.15) is 17.3 Å². The maximum absolute atomic E-state index is 12.8. The Morgan fingerprint density at radius 2 is 1.90 bits per heavy atom. The first-order valence-corrected chi connectivity index (χ1v) is 11.0. The second-order valence-electron chi connectivity index (χ2n) is 6.43. The Morgan fingerprint density at radius 3 is 2.63 bits per heavy atom. The Bertz CT molecular complexity index is 1080. The monoisotopic (exact) mass is 487 g/mol. The average Bonchev–Trinajstić information content (AvgIpc) is 3.17. The summed E-state index contributed by atoms with van der Waals surface area (Å²) in [6, 6.07) is 14.8. The number of rotatable bonds is 5. The maximum Gasteiger partial charge on any atom is 0.341 e. The number of halogens is 1. The van der Waals surface area contributed by atoms with E-state index in [4.69, 9.17) is 14.2 Å². The van der Waals surface area contributed by atoms with E-state index < -0.39 is 12.1 Å². The maximum atomic E-state index is 12.8. The van der Waals surface area contributed by atoms with Crippen molar-refractivity contribution >= 4 is 44.1 Å². The summed E-state index contributed by atoms with van der Waals surface area (Å²) in [5, 5.41) is 5.06. The first-order valence-electron chi connectivity index (χ1n) is 9.30. The summed E-state index contributed by atoms with van der Waals surface area (Å²) < 4.78 is 17.6. The molecule has 0 unspecified atom stereocenters. The van der Waals surface area contributed by atoms with Gasteiger partial charge in [-0.1, -0.05) is 40.2 Å². The molecule has 0 radical (unpaired) electrons. The van der Waals surface area contributed by atoms with Crippen LogP contribution in [-0.4, -0.2) is 31.2 Å². The number of thiophene rings is 1. The minimum Gasteiger partial charge on any atom is -0.485 e. The molecule has 0 spiro atoms. The molecule has 1 aromatic heterocycles. The van der Waals surface area contributed by atoms with Crippen LogP contribution < -0.4 is 14.8 Å². The van der Waals surface area contributed by atoms with E-state index in [1.807, 2.05) is 41.8 Å². The summed E-state index contributed by atoms with van der Waals surface area (Å²) in [6.07, 6.45) is -0.826. The highest BCUT2D eigenvalue weighted by molar-refractivity contribution is 9.10. The van der Waals surface area contributed by atoms with E-state index in [2.05, 4.69) is 21.2 Å². The molecule has 0 saturated heterocycles. The van der Waals surface area contributed by atoms with E-state index in [1.165, 1.54) is 11.3 Å². The number of hydrogen-bond acceptors (Lipinski definition) is 6. The summed E-state index contributed by atoms with van der Waals surface area (Å²) in [4.78, 5) is 25.5. The number of carbonyl (C=O) groups excluding carboxylic acids is 2. The van der Waals surface area contributed by atoms with Crippen molar-refractivity contribution in [3.05, 3.63) is 63.9 Å². The van der Waals surface area contributed by atoms with Gasteiger partial charge in [-0.2, -0.15) is 0 Å². The van der Waals surface area contributed by atoms with Gasteiger partial charge in [0, 0.05) is 15.4 Å². The predicted molar refractivity (Wildman–Crippen MR) is 118 cm³/mol. The number of para-hydroxylation sites is 2. The van der Waals surface area contributed by atoms with Crippen molar-refractivity contribution in [3.8, 4) is 22.6 Å². The zero-order chi connectivity index (χ0) is 21.1. The van der Waals surface area contributed by atoms with Gasteiger partial charge in [0.2, 0.25) is 6.10 Å². The number of nitrogens with one attached hydrogen (secondary N) is 1. The van der Waals surface area contributed by atoms with Crippen LogP contribution in [0.5, 0.6) is 11.5 Å². The van der Waals surface area contributed by atoms with E-state index in [0.29, 0.717) is 27.6 Å². The van der Waals surface area contributed by atoms with Crippen LogP contribution in [0.2, 0.25) is 0 Å². The Labute approximate surface area is 185 Å². The largest absolute Gasteiger partial charge is 0.485 e. The molecule has 6 nitrogen and oxygen atoms in total. The first-order chi connectivity index (χ1) is 14.6. The van der Waals surface area contributed by atoms with Crippen LogP contribution in [-0.2, 0) is 9.53 Å². The SMILES string of the molecule is CCOC(=O)c1c(-c2ccc(Br)cc2)csc1NC(=O)[C@H]1COc2ccccc2O1. The highest BCUT2D eigenvalue weighted by atomic mass is 79.9. The molecular formula is C22H18BrNO5S. The molecule has 0 aliphatic carbocycles.